The monoisotopic (exact) mass is 140 g/mol. The van der Waals surface area contributed by atoms with Crippen molar-refractivity contribution in [3.63, 3.8) is 0 Å². The van der Waals surface area contributed by atoms with Crippen molar-refractivity contribution in [2.24, 2.45) is 0 Å². The Kier molecular flexibility index (Phi) is 0.952. The first kappa shape index (κ1) is 5.52. The third-order valence-electron chi connectivity index (χ3n) is 2.99. The number of hydrogen-bond acceptors (Lipinski definition) is 3. The van der Waals surface area contributed by atoms with Gasteiger partial charge in [0.15, 0.2) is 0 Å². The van der Waals surface area contributed by atoms with Crippen molar-refractivity contribution in [1.29, 1.82) is 0 Å². The van der Waals surface area contributed by atoms with Gasteiger partial charge in [0.2, 0.25) is 0 Å². The molecular formula is C7H12N2O. The first-order valence-electron chi connectivity index (χ1n) is 4.09. The average molecular weight is 140 g/mol. The second-order valence-electron chi connectivity index (χ2n) is 3.55. The van der Waals surface area contributed by atoms with Crippen LogP contribution in [-0.2, 0) is 4.84 Å². The van der Waals surface area contributed by atoms with Crippen LogP contribution in [0.4, 0.5) is 0 Å². The molecule has 3 aliphatic rings. The molecule has 2 bridgehead atoms. The molecule has 3 fully saturated rings. The molecule has 0 aliphatic carbocycles. The molecule has 10 heavy (non-hydrogen) atoms. The van der Waals surface area contributed by atoms with Crippen molar-refractivity contribution in [2.75, 3.05) is 13.1 Å². The highest BCUT2D eigenvalue weighted by Crippen LogP contribution is 2.32. The highest BCUT2D eigenvalue weighted by atomic mass is 16.7. The van der Waals surface area contributed by atoms with Crippen LogP contribution >= 0.6 is 0 Å². The summed E-state index contributed by atoms with van der Waals surface area (Å²) in [5.74, 6) is 0. The summed E-state index contributed by atoms with van der Waals surface area (Å²) < 4.78 is 0. The van der Waals surface area contributed by atoms with E-state index in [2.05, 4.69) is 10.4 Å². The standard InChI is InChI=1S/C7H12N2O/c1-2-9-4-5-3-6(7(1)9)8-10-5/h5-8H,1-4H2. The molecule has 0 saturated carbocycles. The van der Waals surface area contributed by atoms with E-state index in [0.717, 1.165) is 12.6 Å². The van der Waals surface area contributed by atoms with Gasteiger partial charge in [-0.15, -0.1) is 0 Å². The fourth-order valence-electron chi connectivity index (χ4n) is 2.32. The lowest BCUT2D eigenvalue weighted by atomic mass is 9.88. The van der Waals surface area contributed by atoms with Crippen LogP contribution in [0.25, 0.3) is 0 Å². The summed E-state index contributed by atoms with van der Waals surface area (Å²) >= 11 is 0. The lowest BCUT2D eigenvalue weighted by Gasteiger charge is -2.46. The van der Waals surface area contributed by atoms with Crippen molar-refractivity contribution in [3.05, 3.63) is 0 Å². The topological polar surface area (TPSA) is 24.5 Å². The Balaban J connectivity index is 1.85. The summed E-state index contributed by atoms with van der Waals surface area (Å²) in [4.78, 5) is 7.89. The van der Waals surface area contributed by atoms with Crippen molar-refractivity contribution in [2.45, 2.75) is 31.0 Å². The third kappa shape index (κ3) is 0.557. The molecule has 3 saturated heterocycles. The number of fused-ring (bicyclic) bond motifs is 4. The fraction of sp³-hybridized carbons (Fsp3) is 1.00. The average Bonchev–Trinajstić information content (AvgIpc) is 2.25. The number of hydrogen-bond donors (Lipinski definition) is 1. The molecule has 3 aliphatic heterocycles. The molecular weight excluding hydrogens is 128 g/mol. The van der Waals surface area contributed by atoms with Gasteiger partial charge in [-0.2, -0.15) is 5.48 Å². The molecule has 0 amide bonds. The minimum atomic E-state index is 0.488. The Labute approximate surface area is 60.3 Å². The zero-order chi connectivity index (χ0) is 6.55. The Morgan fingerprint density at radius 2 is 2.50 bits per heavy atom. The normalized spacial score (nSPS) is 52.2. The highest BCUT2D eigenvalue weighted by Gasteiger charge is 2.45. The molecule has 1 N–H and O–H groups in total. The van der Waals surface area contributed by atoms with Crippen LogP contribution in [0.3, 0.4) is 0 Å². The van der Waals surface area contributed by atoms with E-state index in [9.17, 15) is 0 Å². The first-order chi connectivity index (χ1) is 4.93. The second-order valence-corrected chi connectivity index (χ2v) is 3.55. The molecule has 0 aromatic carbocycles. The van der Waals surface area contributed by atoms with E-state index in [-0.39, 0.29) is 0 Å². The van der Waals surface area contributed by atoms with E-state index in [4.69, 9.17) is 4.84 Å². The molecule has 3 unspecified atom stereocenters. The highest BCUT2D eigenvalue weighted by molar-refractivity contribution is 5.00. The number of hydroxylamine groups is 1. The smallest absolute Gasteiger partial charge is 0.0933 e. The predicted octanol–water partition coefficient (Wildman–Crippen LogP) is -0.264. The zero-order valence-electron chi connectivity index (χ0n) is 5.92. The van der Waals surface area contributed by atoms with Crippen molar-refractivity contribution in [3.8, 4) is 0 Å². The van der Waals surface area contributed by atoms with Crippen LogP contribution in [0.1, 0.15) is 12.8 Å². The number of nitrogens with zero attached hydrogens (tertiary/aromatic N) is 1. The zero-order valence-corrected chi connectivity index (χ0v) is 5.92. The first-order valence-corrected chi connectivity index (χ1v) is 4.09. The van der Waals surface area contributed by atoms with E-state index >= 15 is 0 Å². The van der Waals surface area contributed by atoms with Gasteiger partial charge in [-0.1, -0.05) is 0 Å². The molecule has 3 nitrogen and oxygen atoms in total. The van der Waals surface area contributed by atoms with E-state index < -0.39 is 0 Å². The summed E-state index contributed by atoms with van der Waals surface area (Å²) in [6.45, 7) is 2.46. The van der Waals surface area contributed by atoms with Gasteiger partial charge in [0, 0.05) is 19.1 Å². The van der Waals surface area contributed by atoms with Gasteiger partial charge in [0.25, 0.3) is 0 Å². The summed E-state index contributed by atoms with van der Waals surface area (Å²) in [5.41, 5.74) is 3.11. The third-order valence-corrected chi connectivity index (χ3v) is 2.99. The molecule has 0 radical (unpaired) electrons. The van der Waals surface area contributed by atoms with Gasteiger partial charge in [-0.3, -0.25) is 9.74 Å². The lowest BCUT2D eigenvalue weighted by Crippen LogP contribution is -2.59. The maximum Gasteiger partial charge on any atom is 0.0933 e. The van der Waals surface area contributed by atoms with Crippen molar-refractivity contribution in [1.82, 2.24) is 10.4 Å². The van der Waals surface area contributed by atoms with Crippen LogP contribution in [-0.4, -0.2) is 36.2 Å². The van der Waals surface area contributed by atoms with Gasteiger partial charge < -0.3 is 0 Å². The Morgan fingerprint density at radius 1 is 1.50 bits per heavy atom. The summed E-state index contributed by atoms with van der Waals surface area (Å²) in [7, 11) is 0. The summed E-state index contributed by atoms with van der Waals surface area (Å²) in [6.07, 6.45) is 3.09. The number of nitrogens with one attached hydrogen (secondary N) is 1. The molecule has 0 aromatic rings. The Hall–Kier alpha value is -0.120. The largest absolute Gasteiger partial charge is 0.297 e. The van der Waals surface area contributed by atoms with Crippen molar-refractivity contribution < 1.29 is 4.84 Å². The van der Waals surface area contributed by atoms with Crippen LogP contribution < -0.4 is 5.48 Å². The summed E-state index contributed by atoms with van der Waals surface area (Å²) in [5, 5.41) is 0. The Morgan fingerprint density at radius 3 is 3.30 bits per heavy atom. The molecule has 3 rings (SSSR count). The Bertz CT molecular complexity index is 162. The second kappa shape index (κ2) is 1.72. The fourth-order valence-corrected chi connectivity index (χ4v) is 2.32. The van der Waals surface area contributed by atoms with Crippen LogP contribution in [0.15, 0.2) is 0 Å². The summed E-state index contributed by atoms with van der Waals surface area (Å²) in [6, 6.07) is 1.45. The van der Waals surface area contributed by atoms with Gasteiger partial charge in [0.1, 0.15) is 0 Å². The predicted molar refractivity (Wildman–Crippen MR) is 36.4 cm³/mol. The number of piperidine rings is 1. The molecule has 3 heterocycles. The minimum absolute atomic E-state index is 0.488. The molecule has 56 valence electrons. The van der Waals surface area contributed by atoms with Crippen LogP contribution in [0.2, 0.25) is 0 Å². The lowest BCUT2D eigenvalue weighted by molar-refractivity contribution is 0.0101. The van der Waals surface area contributed by atoms with Crippen LogP contribution in [0.5, 0.6) is 0 Å². The van der Waals surface area contributed by atoms with E-state index in [1.54, 1.807) is 0 Å². The molecule has 0 spiro atoms. The molecule has 3 heteroatoms. The van der Waals surface area contributed by atoms with E-state index in [1.807, 2.05) is 0 Å². The van der Waals surface area contributed by atoms with Gasteiger partial charge >= 0.3 is 0 Å². The number of rotatable bonds is 0. The minimum Gasteiger partial charge on any atom is -0.297 e. The van der Waals surface area contributed by atoms with E-state index in [0.29, 0.717) is 12.1 Å². The van der Waals surface area contributed by atoms with Gasteiger partial charge in [-0.25, -0.2) is 0 Å². The maximum atomic E-state index is 5.37. The van der Waals surface area contributed by atoms with E-state index in [1.165, 1.54) is 19.4 Å². The van der Waals surface area contributed by atoms with Crippen LogP contribution in [0, 0.1) is 0 Å². The van der Waals surface area contributed by atoms with Gasteiger partial charge in [0.05, 0.1) is 12.1 Å². The SMILES string of the molecule is C1C2CN3CCC3C1NO2. The molecule has 0 aromatic heterocycles. The van der Waals surface area contributed by atoms with Crippen molar-refractivity contribution >= 4 is 0 Å². The quantitative estimate of drug-likeness (QED) is 0.501. The van der Waals surface area contributed by atoms with Gasteiger partial charge in [-0.05, 0) is 12.8 Å². The maximum absolute atomic E-state index is 5.37. The molecule has 3 atom stereocenters.